The first-order valence-electron chi connectivity index (χ1n) is 13.2. The van der Waals surface area contributed by atoms with E-state index >= 15 is 0 Å². The maximum absolute atomic E-state index is 11.1. The van der Waals surface area contributed by atoms with Crippen LogP contribution in [0.1, 0.15) is 76.3 Å². The predicted octanol–water partition coefficient (Wildman–Crippen LogP) is 5.40. The van der Waals surface area contributed by atoms with E-state index < -0.39 is 0 Å². The molecule has 0 N–H and O–H groups in total. The highest BCUT2D eigenvalue weighted by Gasteiger charge is 1.98. The van der Waals surface area contributed by atoms with Crippen LogP contribution in [0.3, 0.4) is 0 Å². The number of nitrogens with zero attached hydrogens (tertiary/aromatic N) is 4. The molecule has 0 saturated carbocycles. The van der Waals surface area contributed by atoms with Crippen molar-refractivity contribution in [3.05, 3.63) is 53.8 Å². The van der Waals surface area contributed by atoms with Gasteiger partial charge < -0.3 is 19.4 Å². The van der Waals surface area contributed by atoms with E-state index in [9.17, 15) is 9.59 Å². The molecule has 1 aromatic rings. The van der Waals surface area contributed by atoms with Crippen molar-refractivity contribution in [1.82, 2.24) is 0 Å². The number of hydrogen-bond acceptors (Lipinski definition) is 10. The number of ketones is 2. The van der Waals surface area contributed by atoms with Gasteiger partial charge in [-0.2, -0.15) is 0 Å². The Hall–Kier alpha value is -4.04. The van der Waals surface area contributed by atoms with Gasteiger partial charge in [0.2, 0.25) is 5.78 Å². The molecule has 212 valence electrons. The van der Waals surface area contributed by atoms with E-state index in [-0.39, 0.29) is 11.6 Å². The Morgan fingerprint density at radius 1 is 0.718 bits per heavy atom. The van der Waals surface area contributed by atoms with Crippen LogP contribution in [0, 0.1) is 0 Å². The van der Waals surface area contributed by atoms with E-state index in [2.05, 4.69) is 32.9 Å². The summed E-state index contributed by atoms with van der Waals surface area (Å²) in [6, 6.07) is 7.73. The van der Waals surface area contributed by atoms with Gasteiger partial charge in [0.1, 0.15) is 38.4 Å². The zero-order valence-electron chi connectivity index (χ0n) is 23.0. The number of oxime groups is 4. The summed E-state index contributed by atoms with van der Waals surface area (Å²) in [5.41, 5.74) is 4.63. The lowest BCUT2D eigenvalue weighted by atomic mass is 10.2. The zero-order chi connectivity index (χ0) is 28.4. The summed E-state index contributed by atoms with van der Waals surface area (Å²) in [6.07, 6.45) is 13.2. The van der Waals surface area contributed by atoms with E-state index in [1.54, 1.807) is 19.4 Å². The highest BCUT2D eigenvalue weighted by molar-refractivity contribution is 6.37. The number of rotatable bonds is 23. The third-order valence-corrected chi connectivity index (χ3v) is 5.14. The Balaban J connectivity index is 2.02. The number of unbranched alkanes of at least 4 members (excludes halogenated alkanes) is 6. The fourth-order valence-corrected chi connectivity index (χ4v) is 2.83. The predicted molar refractivity (Wildman–Crippen MR) is 153 cm³/mol. The van der Waals surface area contributed by atoms with Crippen molar-refractivity contribution in [1.29, 1.82) is 0 Å². The molecule has 10 heteroatoms. The Morgan fingerprint density at radius 2 is 1.15 bits per heavy atom. The SMILES string of the molecule is C=C=CC(=O)C=NOCCCCCCON=Cc1ccc(C=NOCCCCCCON=C(C)C(C)=O)cc1. The first-order chi connectivity index (χ1) is 19.0. The average molecular weight is 541 g/mol. The lowest BCUT2D eigenvalue weighted by molar-refractivity contribution is -0.111. The maximum atomic E-state index is 11.1. The van der Waals surface area contributed by atoms with E-state index in [0.717, 1.165) is 68.7 Å². The van der Waals surface area contributed by atoms with Gasteiger partial charge in [-0.15, -0.1) is 5.73 Å². The van der Waals surface area contributed by atoms with Gasteiger partial charge in [-0.3, -0.25) is 9.59 Å². The van der Waals surface area contributed by atoms with Crippen molar-refractivity contribution in [3.8, 4) is 0 Å². The van der Waals surface area contributed by atoms with E-state index in [0.29, 0.717) is 32.1 Å². The summed E-state index contributed by atoms with van der Waals surface area (Å²) >= 11 is 0. The van der Waals surface area contributed by atoms with E-state index in [1.165, 1.54) is 13.0 Å². The third-order valence-electron chi connectivity index (χ3n) is 5.14. The smallest absolute Gasteiger partial charge is 0.207 e. The van der Waals surface area contributed by atoms with Gasteiger partial charge in [0, 0.05) is 13.0 Å². The second-order valence-corrected chi connectivity index (χ2v) is 8.52. The Bertz CT molecular complexity index is 996. The van der Waals surface area contributed by atoms with Crippen LogP contribution in [-0.2, 0) is 28.9 Å². The molecule has 0 atom stereocenters. The van der Waals surface area contributed by atoms with Gasteiger partial charge in [0.15, 0.2) is 5.78 Å². The third kappa shape index (κ3) is 19.7. The molecule has 0 amide bonds. The number of Topliss-reactive ketones (excluding diaryl/α,β-unsaturated/α-hetero) is 1. The molecule has 0 radical (unpaired) electrons. The lowest BCUT2D eigenvalue weighted by Gasteiger charge is -2.02. The minimum Gasteiger partial charge on any atom is -0.396 e. The fraction of sp³-hybridized carbons (Fsp3) is 0.483. The van der Waals surface area contributed by atoms with Crippen molar-refractivity contribution < 1.29 is 28.9 Å². The van der Waals surface area contributed by atoms with Crippen LogP contribution in [-0.4, -0.2) is 62.3 Å². The van der Waals surface area contributed by atoms with Crippen molar-refractivity contribution >= 4 is 35.9 Å². The van der Waals surface area contributed by atoms with Crippen molar-refractivity contribution in [3.63, 3.8) is 0 Å². The molecule has 1 aromatic carbocycles. The molecule has 0 aliphatic carbocycles. The molecule has 0 spiro atoms. The Labute approximate surface area is 231 Å². The van der Waals surface area contributed by atoms with Gasteiger partial charge in [0.25, 0.3) is 0 Å². The van der Waals surface area contributed by atoms with Gasteiger partial charge >= 0.3 is 0 Å². The van der Waals surface area contributed by atoms with Crippen molar-refractivity contribution in [2.45, 2.75) is 65.2 Å². The highest BCUT2D eigenvalue weighted by atomic mass is 16.6. The van der Waals surface area contributed by atoms with Gasteiger partial charge in [0.05, 0.1) is 12.4 Å². The summed E-state index contributed by atoms with van der Waals surface area (Å²) in [5, 5.41) is 15.4. The van der Waals surface area contributed by atoms with E-state index in [4.69, 9.17) is 19.4 Å². The molecule has 0 bridgehead atoms. The average Bonchev–Trinajstić information content (AvgIpc) is 2.93. The topological polar surface area (TPSA) is 120 Å². The molecular formula is C29H40N4O6. The first-order valence-corrected chi connectivity index (χ1v) is 13.2. The molecular weight excluding hydrogens is 500 g/mol. The number of benzene rings is 1. The standard InChI is InChI=1S/C29H40N4O6/c1-4-13-29(35)24-32-38-20-11-6-5-9-18-36-30-22-27-14-16-28(17-15-27)23-31-37-19-10-7-8-12-21-39-33-25(2)26(3)34/h13-17,22-24H,1,5-12,18-21H2,2-3H3. The monoisotopic (exact) mass is 540 g/mol. The fourth-order valence-electron chi connectivity index (χ4n) is 2.83. The summed E-state index contributed by atoms with van der Waals surface area (Å²) < 4.78 is 0. The molecule has 0 aliphatic heterocycles. The zero-order valence-corrected chi connectivity index (χ0v) is 23.0. The first kappa shape index (κ1) is 33.0. The van der Waals surface area contributed by atoms with Gasteiger partial charge in [-0.05, 0) is 69.4 Å². The van der Waals surface area contributed by atoms with Crippen molar-refractivity contribution in [2.24, 2.45) is 20.6 Å². The summed E-state index contributed by atoms with van der Waals surface area (Å²) in [4.78, 5) is 42.9. The molecule has 10 nitrogen and oxygen atoms in total. The Morgan fingerprint density at radius 3 is 1.59 bits per heavy atom. The van der Waals surface area contributed by atoms with Crippen LogP contribution in [0.25, 0.3) is 0 Å². The van der Waals surface area contributed by atoms with Crippen LogP contribution in [0.2, 0.25) is 0 Å². The minimum absolute atomic E-state index is 0.0807. The molecule has 1 rings (SSSR count). The Kier molecular flexibility index (Phi) is 19.5. The number of hydrogen-bond donors (Lipinski definition) is 0. The van der Waals surface area contributed by atoms with Crippen LogP contribution in [0.4, 0.5) is 0 Å². The van der Waals surface area contributed by atoms with Crippen molar-refractivity contribution in [2.75, 3.05) is 26.4 Å². The maximum Gasteiger partial charge on any atom is 0.207 e. The minimum atomic E-state index is -0.301. The molecule has 0 aromatic heterocycles. The van der Waals surface area contributed by atoms with Crippen LogP contribution in [0.15, 0.2) is 63.3 Å². The van der Waals surface area contributed by atoms with E-state index in [1.807, 2.05) is 24.3 Å². The molecule has 0 aliphatic rings. The van der Waals surface area contributed by atoms with Gasteiger partial charge in [-0.1, -0.05) is 51.5 Å². The summed E-state index contributed by atoms with van der Waals surface area (Å²) in [6.45, 7) is 8.49. The molecule has 0 saturated heterocycles. The lowest BCUT2D eigenvalue weighted by Crippen LogP contribution is -2.05. The molecule has 0 unspecified atom stereocenters. The second kappa shape index (κ2) is 23.1. The van der Waals surface area contributed by atoms with Crippen LogP contribution >= 0.6 is 0 Å². The summed E-state index contributed by atoms with van der Waals surface area (Å²) in [5.74, 6) is -0.382. The highest BCUT2D eigenvalue weighted by Crippen LogP contribution is 2.04. The molecule has 0 fully saturated rings. The number of carbonyl (C=O) groups is 2. The van der Waals surface area contributed by atoms with Crippen LogP contribution in [0.5, 0.6) is 0 Å². The number of carbonyl (C=O) groups excluding carboxylic acids is 2. The molecule has 39 heavy (non-hydrogen) atoms. The number of allylic oxidation sites excluding steroid dienone is 1. The van der Waals surface area contributed by atoms with Crippen LogP contribution < -0.4 is 0 Å². The second-order valence-electron chi connectivity index (χ2n) is 8.52. The van der Waals surface area contributed by atoms with Gasteiger partial charge in [-0.25, -0.2) is 0 Å². The largest absolute Gasteiger partial charge is 0.396 e. The quantitative estimate of drug-likeness (QED) is 0.0602. The molecule has 0 heterocycles. The summed E-state index contributed by atoms with van der Waals surface area (Å²) in [7, 11) is 0. The normalized spacial score (nSPS) is 11.6.